The highest BCUT2D eigenvalue weighted by Crippen LogP contribution is 2.24. The van der Waals surface area contributed by atoms with Crippen LogP contribution >= 0.6 is 23.2 Å². The van der Waals surface area contributed by atoms with E-state index in [1.54, 1.807) is 42.2 Å². The van der Waals surface area contributed by atoms with Gasteiger partial charge >= 0.3 is 0 Å². The van der Waals surface area contributed by atoms with Crippen LogP contribution < -0.4 is 16.0 Å². The first-order valence-electron chi connectivity index (χ1n) is 7.15. The lowest BCUT2D eigenvalue weighted by Crippen LogP contribution is -2.41. The second-order valence-electron chi connectivity index (χ2n) is 4.90. The molecule has 0 saturated heterocycles. The molecule has 0 bridgehead atoms. The van der Waals surface area contributed by atoms with E-state index in [0.717, 1.165) is 5.69 Å². The Morgan fingerprint density at radius 2 is 2.17 bits per heavy atom. The van der Waals surface area contributed by atoms with Crippen LogP contribution in [0.4, 0.5) is 5.69 Å². The second-order valence-corrected chi connectivity index (χ2v) is 5.67. The number of carbonyl (C=O) groups is 1. The predicted molar refractivity (Wildman–Crippen MR) is 96.5 cm³/mol. The molecular formula is C15H18Cl2N6O. The molecule has 0 unspecified atom stereocenters. The van der Waals surface area contributed by atoms with E-state index >= 15 is 0 Å². The number of carbonyl (C=O) groups excluding carboxylic acids is 1. The van der Waals surface area contributed by atoms with Gasteiger partial charge in [0.05, 0.1) is 30.0 Å². The van der Waals surface area contributed by atoms with E-state index in [2.05, 4.69) is 25.9 Å². The Morgan fingerprint density at radius 1 is 1.38 bits per heavy atom. The Kier molecular flexibility index (Phi) is 6.45. The molecule has 0 aliphatic heterocycles. The summed E-state index contributed by atoms with van der Waals surface area (Å²) in [6.45, 7) is 0.538. The van der Waals surface area contributed by atoms with Crippen LogP contribution in [0.2, 0.25) is 10.2 Å². The van der Waals surface area contributed by atoms with Crippen molar-refractivity contribution < 1.29 is 4.79 Å². The summed E-state index contributed by atoms with van der Waals surface area (Å²) in [7, 11) is 3.45. The van der Waals surface area contributed by atoms with Crippen molar-refractivity contribution in [2.45, 2.75) is 6.54 Å². The van der Waals surface area contributed by atoms with E-state index in [-0.39, 0.29) is 12.5 Å². The number of hydrogen-bond acceptors (Lipinski definition) is 3. The molecule has 0 aliphatic rings. The van der Waals surface area contributed by atoms with E-state index in [1.165, 1.54) is 0 Å². The molecular weight excluding hydrogens is 351 g/mol. The molecule has 0 spiro atoms. The van der Waals surface area contributed by atoms with Crippen LogP contribution in [0.5, 0.6) is 0 Å². The van der Waals surface area contributed by atoms with Gasteiger partial charge in [0.1, 0.15) is 5.15 Å². The van der Waals surface area contributed by atoms with E-state index < -0.39 is 0 Å². The van der Waals surface area contributed by atoms with Crippen LogP contribution in [0.25, 0.3) is 0 Å². The first-order chi connectivity index (χ1) is 11.5. The van der Waals surface area contributed by atoms with Crippen LogP contribution in [-0.2, 0) is 18.4 Å². The predicted octanol–water partition coefficient (Wildman–Crippen LogP) is 2.03. The third-order valence-corrected chi connectivity index (χ3v) is 4.08. The van der Waals surface area contributed by atoms with Gasteiger partial charge in [0.15, 0.2) is 5.96 Å². The molecule has 0 radical (unpaired) electrons. The zero-order valence-electron chi connectivity index (χ0n) is 13.3. The Hall–Kier alpha value is -2.25. The average molecular weight is 369 g/mol. The topological polar surface area (TPSA) is 83.3 Å². The maximum Gasteiger partial charge on any atom is 0.243 e. The fraction of sp³-hybridized carbons (Fsp3) is 0.267. The first-order valence-corrected chi connectivity index (χ1v) is 7.91. The van der Waals surface area contributed by atoms with Gasteiger partial charge in [-0.15, -0.1) is 0 Å². The molecule has 0 aliphatic carbocycles. The third kappa shape index (κ3) is 4.87. The molecule has 0 saturated carbocycles. The molecule has 7 nitrogen and oxygen atoms in total. The number of hydrogen-bond donors (Lipinski definition) is 3. The molecule has 2 aromatic rings. The number of aromatic nitrogens is 2. The number of guanidine groups is 1. The van der Waals surface area contributed by atoms with Crippen LogP contribution in [0.15, 0.2) is 35.6 Å². The number of pyridine rings is 1. The summed E-state index contributed by atoms with van der Waals surface area (Å²) in [6.07, 6.45) is 3.22. The fourth-order valence-electron chi connectivity index (χ4n) is 1.96. The molecule has 1 amide bonds. The van der Waals surface area contributed by atoms with Crippen molar-refractivity contribution >= 4 is 40.8 Å². The average Bonchev–Trinajstić information content (AvgIpc) is 2.83. The summed E-state index contributed by atoms with van der Waals surface area (Å²) in [6, 6.07) is 5.29. The number of aliphatic imine (C=N–C) groups is 1. The van der Waals surface area contributed by atoms with Crippen molar-refractivity contribution in [3.63, 3.8) is 0 Å². The molecule has 3 N–H and O–H groups in total. The normalized spacial score (nSPS) is 11.2. The Balaban J connectivity index is 1.82. The number of nitrogens with zero attached hydrogens (tertiary/aromatic N) is 3. The molecule has 24 heavy (non-hydrogen) atoms. The van der Waals surface area contributed by atoms with Gasteiger partial charge in [0.25, 0.3) is 0 Å². The number of halogens is 2. The summed E-state index contributed by atoms with van der Waals surface area (Å²) in [5, 5.41) is 9.73. The molecule has 2 aromatic heterocycles. The lowest BCUT2D eigenvalue weighted by molar-refractivity contribution is -0.115. The minimum absolute atomic E-state index is 0.0726. The number of anilines is 1. The first kappa shape index (κ1) is 18.1. The molecule has 0 aromatic carbocycles. The Labute approximate surface area is 150 Å². The summed E-state index contributed by atoms with van der Waals surface area (Å²) in [5.74, 6) is 0.292. The van der Waals surface area contributed by atoms with Gasteiger partial charge in [-0.05, 0) is 18.2 Å². The fourth-order valence-corrected chi connectivity index (χ4v) is 2.38. The van der Waals surface area contributed by atoms with Crippen LogP contribution in [0.3, 0.4) is 0 Å². The highest BCUT2D eigenvalue weighted by molar-refractivity contribution is 6.41. The van der Waals surface area contributed by atoms with Crippen molar-refractivity contribution in [3.8, 4) is 0 Å². The molecule has 2 rings (SSSR count). The molecule has 128 valence electrons. The highest BCUT2D eigenvalue weighted by Gasteiger charge is 2.10. The van der Waals surface area contributed by atoms with Crippen molar-refractivity contribution in [3.05, 3.63) is 46.5 Å². The van der Waals surface area contributed by atoms with E-state index in [9.17, 15) is 4.79 Å². The van der Waals surface area contributed by atoms with E-state index in [0.29, 0.717) is 28.4 Å². The zero-order chi connectivity index (χ0) is 17.5. The van der Waals surface area contributed by atoms with Crippen LogP contribution in [0.1, 0.15) is 5.69 Å². The largest absolute Gasteiger partial charge is 0.351 e. The number of amides is 1. The molecule has 0 atom stereocenters. The van der Waals surface area contributed by atoms with Gasteiger partial charge in [-0.3, -0.25) is 14.8 Å². The monoisotopic (exact) mass is 368 g/mol. The third-order valence-electron chi connectivity index (χ3n) is 3.24. The summed E-state index contributed by atoms with van der Waals surface area (Å²) < 4.78 is 1.78. The van der Waals surface area contributed by atoms with Crippen molar-refractivity contribution in [2.75, 3.05) is 18.9 Å². The maximum absolute atomic E-state index is 11.9. The van der Waals surface area contributed by atoms with Crippen LogP contribution in [-0.4, -0.2) is 35.0 Å². The van der Waals surface area contributed by atoms with Gasteiger partial charge in [0.2, 0.25) is 5.91 Å². The number of nitrogens with one attached hydrogen (secondary N) is 3. The summed E-state index contributed by atoms with van der Waals surface area (Å²) >= 11 is 12.0. The highest BCUT2D eigenvalue weighted by atomic mass is 35.5. The van der Waals surface area contributed by atoms with E-state index in [4.69, 9.17) is 23.2 Å². The lowest BCUT2D eigenvalue weighted by atomic mass is 10.4. The Bertz CT molecular complexity index is 729. The molecule has 0 fully saturated rings. The number of rotatable bonds is 5. The lowest BCUT2D eigenvalue weighted by Gasteiger charge is -2.12. The smallest absolute Gasteiger partial charge is 0.243 e. The van der Waals surface area contributed by atoms with E-state index in [1.807, 2.05) is 7.05 Å². The zero-order valence-corrected chi connectivity index (χ0v) is 14.8. The summed E-state index contributed by atoms with van der Waals surface area (Å²) in [5.41, 5.74) is 1.54. The van der Waals surface area contributed by atoms with Crippen molar-refractivity contribution in [1.82, 2.24) is 20.2 Å². The van der Waals surface area contributed by atoms with Crippen molar-refractivity contribution in [1.29, 1.82) is 0 Å². The minimum Gasteiger partial charge on any atom is -0.351 e. The second kappa shape index (κ2) is 8.56. The van der Waals surface area contributed by atoms with Crippen LogP contribution in [0, 0.1) is 0 Å². The quantitative estimate of drug-likeness (QED) is 0.556. The van der Waals surface area contributed by atoms with Gasteiger partial charge in [-0.2, -0.15) is 0 Å². The van der Waals surface area contributed by atoms with Gasteiger partial charge in [0, 0.05) is 26.0 Å². The van der Waals surface area contributed by atoms with Gasteiger partial charge in [-0.1, -0.05) is 23.2 Å². The minimum atomic E-state index is -0.198. The Morgan fingerprint density at radius 3 is 2.75 bits per heavy atom. The summed E-state index contributed by atoms with van der Waals surface area (Å²) in [4.78, 5) is 19.9. The standard InChI is InChI=1S/C15H18Cl2N6O/c1-18-15(20-8-11-6-12(16)14(17)23(11)2)21-9-13(24)22-10-4-3-5-19-7-10/h3-7H,8-9H2,1-2H3,(H,22,24)(H2,18,20,21). The van der Waals surface area contributed by atoms with Gasteiger partial charge in [-0.25, -0.2) is 0 Å². The van der Waals surface area contributed by atoms with Gasteiger partial charge < -0.3 is 20.5 Å². The molecule has 2 heterocycles. The SMILES string of the molecule is CN=C(NCC(=O)Nc1cccnc1)NCc1cc(Cl)c(Cl)n1C. The molecule has 9 heteroatoms. The maximum atomic E-state index is 11.9. The van der Waals surface area contributed by atoms with Crippen molar-refractivity contribution in [2.24, 2.45) is 12.0 Å².